The average Bonchev–Trinajstić information content (AvgIpc) is 3.21. The number of amides is 2. The van der Waals surface area contributed by atoms with Gasteiger partial charge in [-0.15, -0.1) is 0 Å². The lowest BCUT2D eigenvalue weighted by molar-refractivity contribution is 0.0846. The minimum absolute atomic E-state index is 0.319. The van der Waals surface area contributed by atoms with Crippen LogP contribution in [-0.4, -0.2) is 11.8 Å². The molecule has 2 aromatic carbocycles. The summed E-state index contributed by atoms with van der Waals surface area (Å²) >= 11 is 5.83. The Labute approximate surface area is 154 Å². The summed E-state index contributed by atoms with van der Waals surface area (Å²) < 4.78 is 10.5. The molecule has 3 aromatic rings. The maximum absolute atomic E-state index is 12.0. The van der Waals surface area contributed by atoms with Crippen LogP contribution in [0.2, 0.25) is 5.02 Å². The average molecular weight is 371 g/mol. The largest absolute Gasteiger partial charge is 0.489 e. The van der Waals surface area contributed by atoms with Crippen LogP contribution in [0.4, 0.5) is 0 Å². The second kappa shape index (κ2) is 8.22. The van der Waals surface area contributed by atoms with E-state index in [0.717, 1.165) is 5.56 Å². The fourth-order valence-electron chi connectivity index (χ4n) is 2.10. The fraction of sp³-hybridized carbons (Fsp3) is 0.0526. The first-order valence-electron chi connectivity index (χ1n) is 7.72. The number of carbonyl (C=O) groups excluding carboxylic acids is 2. The number of hydrazine groups is 1. The van der Waals surface area contributed by atoms with Crippen molar-refractivity contribution >= 4 is 23.4 Å². The lowest BCUT2D eigenvalue weighted by atomic mass is 10.1. The Morgan fingerprint density at radius 2 is 1.54 bits per heavy atom. The molecule has 0 atom stereocenters. The zero-order valence-electron chi connectivity index (χ0n) is 13.6. The molecule has 0 aliphatic rings. The van der Waals surface area contributed by atoms with Crippen LogP contribution in [0.3, 0.4) is 0 Å². The monoisotopic (exact) mass is 370 g/mol. The van der Waals surface area contributed by atoms with Gasteiger partial charge in [-0.1, -0.05) is 23.7 Å². The van der Waals surface area contributed by atoms with Crippen LogP contribution in [0.5, 0.6) is 5.75 Å². The number of ether oxygens (including phenoxy) is 1. The number of furan rings is 1. The van der Waals surface area contributed by atoms with Gasteiger partial charge >= 0.3 is 0 Å². The van der Waals surface area contributed by atoms with E-state index >= 15 is 0 Å². The Balaban J connectivity index is 1.50. The van der Waals surface area contributed by atoms with E-state index in [1.165, 1.54) is 18.6 Å². The third-order valence-electron chi connectivity index (χ3n) is 3.51. The van der Waals surface area contributed by atoms with E-state index in [-0.39, 0.29) is 0 Å². The van der Waals surface area contributed by atoms with Gasteiger partial charge in [-0.3, -0.25) is 20.4 Å². The van der Waals surface area contributed by atoms with Crippen LogP contribution < -0.4 is 15.6 Å². The van der Waals surface area contributed by atoms with E-state index < -0.39 is 11.8 Å². The van der Waals surface area contributed by atoms with Gasteiger partial charge in [0, 0.05) is 10.6 Å². The molecule has 1 heterocycles. The van der Waals surface area contributed by atoms with Gasteiger partial charge in [0.2, 0.25) is 0 Å². The normalized spacial score (nSPS) is 10.2. The molecule has 0 radical (unpaired) electrons. The number of rotatable bonds is 5. The van der Waals surface area contributed by atoms with Crippen molar-refractivity contribution in [2.75, 3.05) is 0 Å². The van der Waals surface area contributed by atoms with Crippen molar-refractivity contribution in [2.24, 2.45) is 0 Å². The summed E-state index contributed by atoms with van der Waals surface area (Å²) in [6.45, 7) is 0.362. The van der Waals surface area contributed by atoms with Gasteiger partial charge in [0.15, 0.2) is 0 Å². The summed E-state index contributed by atoms with van der Waals surface area (Å²) in [5.41, 5.74) is 6.29. The van der Waals surface area contributed by atoms with Crippen molar-refractivity contribution in [3.05, 3.63) is 88.8 Å². The maximum Gasteiger partial charge on any atom is 0.272 e. The van der Waals surface area contributed by atoms with E-state index in [0.29, 0.717) is 28.5 Å². The molecule has 2 amide bonds. The summed E-state index contributed by atoms with van der Waals surface area (Å²) in [7, 11) is 0. The molecule has 1 aromatic heterocycles. The third-order valence-corrected chi connectivity index (χ3v) is 3.76. The quantitative estimate of drug-likeness (QED) is 0.672. The number of halogens is 1. The maximum atomic E-state index is 12.0. The molecule has 3 rings (SSSR count). The Kier molecular flexibility index (Phi) is 5.56. The molecule has 26 heavy (non-hydrogen) atoms. The van der Waals surface area contributed by atoms with Crippen LogP contribution in [0.25, 0.3) is 0 Å². The topological polar surface area (TPSA) is 80.6 Å². The molecule has 6 nitrogen and oxygen atoms in total. The molecule has 0 bridgehead atoms. The Bertz CT molecular complexity index is 875. The molecule has 132 valence electrons. The van der Waals surface area contributed by atoms with Crippen LogP contribution >= 0.6 is 11.6 Å². The predicted molar refractivity (Wildman–Crippen MR) is 95.9 cm³/mol. The summed E-state index contributed by atoms with van der Waals surface area (Å²) in [6.07, 6.45) is 2.67. The van der Waals surface area contributed by atoms with Crippen LogP contribution in [0, 0.1) is 0 Å². The summed E-state index contributed by atoms with van der Waals surface area (Å²) in [5.74, 6) is -0.176. The highest BCUT2D eigenvalue weighted by Gasteiger charge is 2.10. The number of carbonyl (C=O) groups is 2. The van der Waals surface area contributed by atoms with Crippen LogP contribution in [0.15, 0.2) is 71.5 Å². The van der Waals surface area contributed by atoms with E-state index in [4.69, 9.17) is 20.8 Å². The molecule has 0 aliphatic carbocycles. The van der Waals surface area contributed by atoms with Crippen molar-refractivity contribution in [3.8, 4) is 5.75 Å². The molecule has 0 unspecified atom stereocenters. The number of hydrogen-bond donors (Lipinski definition) is 2. The van der Waals surface area contributed by atoms with E-state index in [1.807, 2.05) is 0 Å². The van der Waals surface area contributed by atoms with Crippen molar-refractivity contribution in [2.45, 2.75) is 6.61 Å². The summed E-state index contributed by atoms with van der Waals surface area (Å²) in [6, 6.07) is 15.4. The van der Waals surface area contributed by atoms with Gasteiger partial charge in [0.1, 0.15) is 18.6 Å². The lowest BCUT2D eigenvalue weighted by Crippen LogP contribution is -2.41. The van der Waals surface area contributed by atoms with Crippen molar-refractivity contribution in [1.29, 1.82) is 0 Å². The predicted octanol–water partition coefficient (Wildman–Crippen LogP) is 3.59. The van der Waals surface area contributed by atoms with E-state index in [9.17, 15) is 9.59 Å². The van der Waals surface area contributed by atoms with Crippen molar-refractivity contribution in [1.82, 2.24) is 10.9 Å². The van der Waals surface area contributed by atoms with Gasteiger partial charge in [-0.05, 0) is 48.0 Å². The first-order chi connectivity index (χ1) is 12.6. The highest BCUT2D eigenvalue weighted by molar-refractivity contribution is 6.30. The molecule has 7 heteroatoms. The number of hydrogen-bond acceptors (Lipinski definition) is 4. The second-order valence-corrected chi connectivity index (χ2v) is 5.80. The molecule has 0 saturated heterocycles. The molecule has 2 N–H and O–H groups in total. The third kappa shape index (κ3) is 4.64. The molecule has 0 aliphatic heterocycles. The number of nitrogens with one attached hydrogen (secondary N) is 2. The minimum Gasteiger partial charge on any atom is -0.489 e. The Morgan fingerprint density at radius 1 is 0.885 bits per heavy atom. The fourth-order valence-corrected chi connectivity index (χ4v) is 2.23. The smallest absolute Gasteiger partial charge is 0.272 e. The molecular formula is C19H15ClN2O4. The number of benzene rings is 2. The Morgan fingerprint density at radius 3 is 2.15 bits per heavy atom. The van der Waals surface area contributed by atoms with Gasteiger partial charge in [-0.25, -0.2) is 0 Å². The van der Waals surface area contributed by atoms with Crippen LogP contribution in [0.1, 0.15) is 26.3 Å². The Hall–Kier alpha value is -3.25. The van der Waals surface area contributed by atoms with Gasteiger partial charge in [0.05, 0.1) is 11.8 Å². The zero-order valence-corrected chi connectivity index (χ0v) is 14.3. The van der Waals surface area contributed by atoms with Crippen molar-refractivity contribution < 1.29 is 18.7 Å². The first-order valence-corrected chi connectivity index (χ1v) is 8.10. The summed E-state index contributed by atoms with van der Waals surface area (Å²) in [4.78, 5) is 23.8. The highest BCUT2D eigenvalue weighted by atomic mass is 35.5. The van der Waals surface area contributed by atoms with Gasteiger partial charge < -0.3 is 9.15 Å². The van der Waals surface area contributed by atoms with Crippen LogP contribution in [-0.2, 0) is 6.61 Å². The molecular weight excluding hydrogens is 356 g/mol. The van der Waals surface area contributed by atoms with Crippen molar-refractivity contribution in [3.63, 3.8) is 0 Å². The standard InChI is InChI=1S/C19H15ClN2O4/c20-16-5-7-17(8-6-16)26-11-13-1-3-14(4-2-13)18(23)21-22-19(24)15-9-10-25-12-15/h1-10,12H,11H2,(H,21,23)(H,22,24). The first kappa shape index (κ1) is 17.6. The molecule has 0 spiro atoms. The molecule has 0 saturated carbocycles. The minimum atomic E-state index is -0.458. The lowest BCUT2D eigenvalue weighted by Gasteiger charge is -2.08. The summed E-state index contributed by atoms with van der Waals surface area (Å²) in [5, 5.41) is 0.646. The second-order valence-electron chi connectivity index (χ2n) is 5.36. The van der Waals surface area contributed by atoms with E-state index in [2.05, 4.69) is 10.9 Å². The van der Waals surface area contributed by atoms with Gasteiger partial charge in [0.25, 0.3) is 11.8 Å². The highest BCUT2D eigenvalue weighted by Crippen LogP contribution is 2.17. The molecule has 0 fully saturated rings. The zero-order chi connectivity index (χ0) is 18.4. The van der Waals surface area contributed by atoms with Gasteiger partial charge in [-0.2, -0.15) is 0 Å². The van der Waals surface area contributed by atoms with E-state index in [1.54, 1.807) is 48.5 Å². The SMILES string of the molecule is O=C(NNC(=O)c1ccoc1)c1ccc(COc2ccc(Cl)cc2)cc1.